The van der Waals surface area contributed by atoms with Gasteiger partial charge in [-0.3, -0.25) is 4.79 Å². The highest BCUT2D eigenvalue weighted by Crippen LogP contribution is 2.16. The van der Waals surface area contributed by atoms with Crippen molar-refractivity contribution in [2.24, 2.45) is 5.92 Å². The van der Waals surface area contributed by atoms with Crippen molar-refractivity contribution in [3.8, 4) is 0 Å². The fourth-order valence-electron chi connectivity index (χ4n) is 1.42. The van der Waals surface area contributed by atoms with Gasteiger partial charge in [-0.15, -0.1) is 0 Å². The van der Waals surface area contributed by atoms with Gasteiger partial charge in [-0.05, 0) is 38.1 Å². The molecule has 0 amide bonds. The van der Waals surface area contributed by atoms with Gasteiger partial charge in [-0.1, -0.05) is 11.8 Å². The quantitative estimate of drug-likeness (QED) is 0.681. The Labute approximate surface area is 72.1 Å². The van der Waals surface area contributed by atoms with Gasteiger partial charge in [-0.2, -0.15) is 0 Å². The van der Waals surface area contributed by atoms with Crippen LogP contribution in [-0.4, -0.2) is 24.5 Å². The molecular formula is C8H15NOS. The van der Waals surface area contributed by atoms with Crippen molar-refractivity contribution in [1.82, 2.24) is 5.32 Å². The maximum atomic E-state index is 11.0. The van der Waals surface area contributed by atoms with E-state index in [-0.39, 0.29) is 0 Å². The molecule has 0 aromatic rings. The summed E-state index contributed by atoms with van der Waals surface area (Å²) in [6.45, 7) is 2.16. The zero-order chi connectivity index (χ0) is 8.10. The molecule has 3 heteroatoms. The molecule has 2 nitrogen and oxygen atoms in total. The summed E-state index contributed by atoms with van der Waals surface area (Å²) in [6.07, 6.45) is 5.07. The SMILES string of the molecule is CSC(=O)CC1CCCNC1. The average Bonchev–Trinajstić information content (AvgIpc) is 2.06. The van der Waals surface area contributed by atoms with E-state index in [1.165, 1.54) is 24.6 Å². The van der Waals surface area contributed by atoms with Crippen LogP contribution in [-0.2, 0) is 4.79 Å². The van der Waals surface area contributed by atoms with E-state index < -0.39 is 0 Å². The second-order valence-electron chi connectivity index (χ2n) is 2.99. The van der Waals surface area contributed by atoms with E-state index in [1.54, 1.807) is 0 Å². The maximum Gasteiger partial charge on any atom is 0.188 e. The molecule has 0 saturated carbocycles. The first-order valence-corrected chi connectivity index (χ1v) is 5.33. The standard InChI is InChI=1S/C8H15NOS/c1-11-8(10)5-7-3-2-4-9-6-7/h7,9H,2-6H2,1H3. The van der Waals surface area contributed by atoms with Gasteiger partial charge in [-0.25, -0.2) is 0 Å². The van der Waals surface area contributed by atoms with Gasteiger partial charge in [0.25, 0.3) is 0 Å². The van der Waals surface area contributed by atoms with Crippen LogP contribution < -0.4 is 5.32 Å². The van der Waals surface area contributed by atoms with E-state index in [9.17, 15) is 4.79 Å². The lowest BCUT2D eigenvalue weighted by atomic mass is 9.97. The van der Waals surface area contributed by atoms with Gasteiger partial charge in [0.2, 0.25) is 0 Å². The lowest BCUT2D eigenvalue weighted by Crippen LogP contribution is -2.30. The number of hydrogen-bond donors (Lipinski definition) is 1. The van der Waals surface area contributed by atoms with Crippen molar-refractivity contribution >= 4 is 16.9 Å². The predicted octanol–water partition coefficient (Wildman–Crippen LogP) is 1.27. The first kappa shape index (κ1) is 9.07. The molecule has 1 fully saturated rings. The summed E-state index contributed by atoms with van der Waals surface area (Å²) in [5.41, 5.74) is 0. The monoisotopic (exact) mass is 173 g/mol. The normalized spacial score (nSPS) is 25.0. The van der Waals surface area contributed by atoms with Crippen LogP contribution in [0.2, 0.25) is 0 Å². The van der Waals surface area contributed by atoms with E-state index in [4.69, 9.17) is 0 Å². The summed E-state index contributed by atoms with van der Waals surface area (Å²) in [7, 11) is 0. The highest BCUT2D eigenvalue weighted by Gasteiger charge is 2.15. The van der Waals surface area contributed by atoms with E-state index >= 15 is 0 Å². The minimum atomic E-state index is 0.332. The highest BCUT2D eigenvalue weighted by molar-refractivity contribution is 8.13. The van der Waals surface area contributed by atoms with Gasteiger partial charge in [0.1, 0.15) is 0 Å². The van der Waals surface area contributed by atoms with Crippen LogP contribution in [0.5, 0.6) is 0 Å². The Morgan fingerprint density at radius 2 is 2.55 bits per heavy atom. The Balaban J connectivity index is 2.19. The fourth-order valence-corrected chi connectivity index (χ4v) is 1.82. The first-order valence-electron chi connectivity index (χ1n) is 4.10. The molecule has 0 radical (unpaired) electrons. The van der Waals surface area contributed by atoms with Gasteiger partial charge in [0, 0.05) is 6.42 Å². The van der Waals surface area contributed by atoms with Gasteiger partial charge in [0.15, 0.2) is 5.12 Å². The van der Waals surface area contributed by atoms with Crippen molar-refractivity contribution < 1.29 is 4.79 Å². The van der Waals surface area contributed by atoms with Crippen LogP contribution in [0.1, 0.15) is 19.3 Å². The van der Waals surface area contributed by atoms with Crippen molar-refractivity contribution in [3.63, 3.8) is 0 Å². The zero-order valence-electron chi connectivity index (χ0n) is 6.93. The largest absolute Gasteiger partial charge is 0.316 e. The van der Waals surface area contributed by atoms with Crippen LogP contribution in [0, 0.1) is 5.92 Å². The lowest BCUT2D eigenvalue weighted by Gasteiger charge is -2.21. The van der Waals surface area contributed by atoms with E-state index in [0.29, 0.717) is 11.0 Å². The second-order valence-corrected chi connectivity index (χ2v) is 3.86. The molecule has 1 saturated heterocycles. The van der Waals surface area contributed by atoms with Crippen LogP contribution in [0.3, 0.4) is 0 Å². The summed E-state index contributed by atoms with van der Waals surface area (Å²) in [5, 5.41) is 3.63. The maximum absolute atomic E-state index is 11.0. The van der Waals surface area contributed by atoms with Gasteiger partial charge in [0.05, 0.1) is 0 Å². The van der Waals surface area contributed by atoms with Crippen molar-refractivity contribution in [3.05, 3.63) is 0 Å². The number of nitrogens with one attached hydrogen (secondary N) is 1. The van der Waals surface area contributed by atoms with E-state index in [2.05, 4.69) is 5.32 Å². The van der Waals surface area contributed by atoms with Crippen molar-refractivity contribution in [2.75, 3.05) is 19.3 Å². The summed E-state index contributed by atoms with van der Waals surface area (Å²) < 4.78 is 0. The molecule has 1 N–H and O–H groups in total. The molecule has 1 heterocycles. The number of rotatable bonds is 2. The van der Waals surface area contributed by atoms with Crippen LogP contribution in [0.4, 0.5) is 0 Å². The molecule has 0 aromatic carbocycles. The van der Waals surface area contributed by atoms with Gasteiger partial charge < -0.3 is 5.32 Å². The van der Waals surface area contributed by atoms with E-state index in [0.717, 1.165) is 19.5 Å². The third kappa shape index (κ3) is 3.25. The van der Waals surface area contributed by atoms with Crippen LogP contribution in [0.25, 0.3) is 0 Å². The Morgan fingerprint density at radius 3 is 3.09 bits per heavy atom. The molecule has 0 aromatic heterocycles. The number of thioether (sulfide) groups is 1. The molecule has 64 valence electrons. The first-order chi connectivity index (χ1) is 5.33. The number of hydrogen-bond acceptors (Lipinski definition) is 3. The average molecular weight is 173 g/mol. The molecule has 1 aliphatic heterocycles. The lowest BCUT2D eigenvalue weighted by molar-refractivity contribution is -0.111. The third-order valence-electron chi connectivity index (χ3n) is 2.08. The summed E-state index contributed by atoms with van der Waals surface area (Å²) >= 11 is 1.35. The molecule has 1 unspecified atom stereocenters. The molecule has 11 heavy (non-hydrogen) atoms. The molecule has 0 aliphatic carbocycles. The molecule has 1 aliphatic rings. The highest BCUT2D eigenvalue weighted by atomic mass is 32.2. The van der Waals surface area contributed by atoms with Crippen LogP contribution >= 0.6 is 11.8 Å². The Morgan fingerprint density at radius 1 is 1.73 bits per heavy atom. The van der Waals surface area contributed by atoms with Crippen molar-refractivity contribution in [1.29, 1.82) is 0 Å². The molecule has 0 bridgehead atoms. The number of carbonyl (C=O) groups excluding carboxylic acids is 1. The Bertz CT molecular complexity index is 132. The summed E-state index contributed by atoms with van der Waals surface area (Å²) in [4.78, 5) is 11.0. The molecule has 0 spiro atoms. The molecular weight excluding hydrogens is 158 g/mol. The number of carbonyl (C=O) groups is 1. The van der Waals surface area contributed by atoms with Crippen LogP contribution in [0.15, 0.2) is 0 Å². The Kier molecular flexibility index (Phi) is 3.94. The molecule has 1 rings (SSSR count). The minimum absolute atomic E-state index is 0.332. The zero-order valence-corrected chi connectivity index (χ0v) is 7.75. The third-order valence-corrected chi connectivity index (χ3v) is 2.70. The second kappa shape index (κ2) is 4.78. The van der Waals surface area contributed by atoms with Crippen molar-refractivity contribution in [2.45, 2.75) is 19.3 Å². The minimum Gasteiger partial charge on any atom is -0.316 e. The van der Waals surface area contributed by atoms with Gasteiger partial charge >= 0.3 is 0 Å². The molecule has 1 atom stereocenters. The fraction of sp³-hybridized carbons (Fsp3) is 0.875. The summed E-state index contributed by atoms with van der Waals surface area (Å²) in [6, 6.07) is 0. The predicted molar refractivity (Wildman–Crippen MR) is 48.7 cm³/mol. The Hall–Kier alpha value is -0.0200. The topological polar surface area (TPSA) is 29.1 Å². The summed E-state index contributed by atoms with van der Waals surface area (Å²) in [5.74, 6) is 0.601. The number of piperidine rings is 1. The van der Waals surface area contributed by atoms with E-state index in [1.807, 2.05) is 6.26 Å². The smallest absolute Gasteiger partial charge is 0.188 e.